The van der Waals surface area contributed by atoms with Crippen molar-refractivity contribution < 1.29 is 4.79 Å². The molecule has 1 aromatic carbocycles. The summed E-state index contributed by atoms with van der Waals surface area (Å²) in [7, 11) is 0. The van der Waals surface area contributed by atoms with E-state index < -0.39 is 0 Å². The minimum Gasteiger partial charge on any atom is -0.370 e. The first-order chi connectivity index (χ1) is 12.7. The third-order valence-electron chi connectivity index (χ3n) is 5.44. The molecular formula is C20H27ClN4O. The van der Waals surface area contributed by atoms with Crippen molar-refractivity contribution in [3.05, 3.63) is 28.8 Å². The maximum atomic E-state index is 12.4. The third kappa shape index (κ3) is 4.90. The highest BCUT2D eigenvalue weighted by Gasteiger charge is 2.26. The second-order valence-corrected chi connectivity index (χ2v) is 7.66. The highest BCUT2D eigenvalue weighted by Crippen LogP contribution is 2.28. The average molecular weight is 375 g/mol. The molecule has 0 aromatic heterocycles. The summed E-state index contributed by atoms with van der Waals surface area (Å²) in [5, 5.41) is 13.0. The number of halogens is 1. The van der Waals surface area contributed by atoms with Crippen LogP contribution in [0.1, 0.15) is 37.7 Å². The second-order valence-electron chi connectivity index (χ2n) is 7.23. The van der Waals surface area contributed by atoms with E-state index in [-0.39, 0.29) is 11.8 Å². The molecule has 1 amide bonds. The SMILES string of the molecule is N#Cc1ccc(Cl)cc1N1CCC(C(=O)NCCCN2CCCC2)CC1. The number of rotatable bonds is 6. The lowest BCUT2D eigenvalue weighted by atomic mass is 9.95. The summed E-state index contributed by atoms with van der Waals surface area (Å²) in [5.41, 5.74) is 1.52. The Bertz CT molecular complexity index is 658. The van der Waals surface area contributed by atoms with E-state index in [1.165, 1.54) is 25.9 Å². The van der Waals surface area contributed by atoms with Crippen LogP contribution in [-0.4, -0.2) is 50.1 Å². The van der Waals surface area contributed by atoms with Gasteiger partial charge < -0.3 is 15.1 Å². The number of hydrogen-bond donors (Lipinski definition) is 1. The largest absolute Gasteiger partial charge is 0.370 e. The number of carbonyl (C=O) groups is 1. The minimum atomic E-state index is 0.0720. The Hall–Kier alpha value is -1.77. The number of piperidine rings is 1. The normalized spacial score (nSPS) is 18.7. The molecule has 0 aliphatic carbocycles. The summed E-state index contributed by atoms with van der Waals surface area (Å²) in [6, 6.07) is 7.58. The first-order valence-corrected chi connectivity index (χ1v) is 10.00. The highest BCUT2D eigenvalue weighted by molar-refractivity contribution is 6.30. The van der Waals surface area contributed by atoms with E-state index in [2.05, 4.69) is 21.2 Å². The van der Waals surface area contributed by atoms with Crippen molar-refractivity contribution in [1.82, 2.24) is 10.2 Å². The lowest BCUT2D eigenvalue weighted by Gasteiger charge is -2.33. The first-order valence-electron chi connectivity index (χ1n) is 9.62. The molecule has 0 unspecified atom stereocenters. The Kier molecular flexibility index (Phi) is 6.76. The molecule has 26 heavy (non-hydrogen) atoms. The van der Waals surface area contributed by atoms with Gasteiger partial charge in [-0.15, -0.1) is 0 Å². The van der Waals surface area contributed by atoms with Crippen LogP contribution in [0.4, 0.5) is 5.69 Å². The van der Waals surface area contributed by atoms with Gasteiger partial charge in [0.1, 0.15) is 6.07 Å². The Morgan fingerprint density at radius 1 is 1.23 bits per heavy atom. The number of likely N-dealkylation sites (tertiary alicyclic amines) is 1. The van der Waals surface area contributed by atoms with Crippen LogP contribution in [0.3, 0.4) is 0 Å². The maximum Gasteiger partial charge on any atom is 0.223 e. The Morgan fingerprint density at radius 2 is 1.96 bits per heavy atom. The molecule has 0 atom stereocenters. The van der Waals surface area contributed by atoms with E-state index in [0.29, 0.717) is 10.6 Å². The number of nitrogens with one attached hydrogen (secondary N) is 1. The van der Waals surface area contributed by atoms with Crippen molar-refractivity contribution >= 4 is 23.2 Å². The molecule has 1 aromatic rings. The van der Waals surface area contributed by atoms with Gasteiger partial charge in [-0.05, 0) is 69.9 Å². The summed E-state index contributed by atoms with van der Waals surface area (Å²) in [6.07, 6.45) is 5.28. The van der Waals surface area contributed by atoms with Crippen LogP contribution in [0.15, 0.2) is 18.2 Å². The third-order valence-corrected chi connectivity index (χ3v) is 5.67. The topological polar surface area (TPSA) is 59.4 Å². The standard InChI is InChI=1S/C20H27ClN4O/c21-18-5-4-17(15-22)19(14-18)25-12-6-16(7-13-25)20(26)23-8-3-11-24-9-1-2-10-24/h4-5,14,16H,1-3,6-13H2,(H,23,26). The molecule has 2 aliphatic rings. The van der Waals surface area contributed by atoms with E-state index in [9.17, 15) is 10.1 Å². The van der Waals surface area contributed by atoms with Crippen LogP contribution in [-0.2, 0) is 4.79 Å². The van der Waals surface area contributed by atoms with Gasteiger partial charge in [0.2, 0.25) is 5.91 Å². The van der Waals surface area contributed by atoms with Gasteiger partial charge in [0.25, 0.3) is 0 Å². The number of nitriles is 1. The van der Waals surface area contributed by atoms with Crippen molar-refractivity contribution in [2.24, 2.45) is 5.92 Å². The number of nitrogens with zero attached hydrogens (tertiary/aromatic N) is 3. The lowest BCUT2D eigenvalue weighted by molar-refractivity contribution is -0.125. The lowest BCUT2D eigenvalue weighted by Crippen LogP contribution is -2.41. The smallest absolute Gasteiger partial charge is 0.223 e. The Morgan fingerprint density at radius 3 is 2.65 bits per heavy atom. The predicted octanol–water partition coefficient (Wildman–Crippen LogP) is 3.03. The average Bonchev–Trinajstić information content (AvgIpc) is 3.18. The van der Waals surface area contributed by atoms with Gasteiger partial charge in [0.05, 0.1) is 11.3 Å². The van der Waals surface area contributed by atoms with Crippen LogP contribution >= 0.6 is 11.6 Å². The zero-order valence-electron chi connectivity index (χ0n) is 15.2. The summed E-state index contributed by atoms with van der Waals surface area (Å²) in [4.78, 5) is 17.0. The fraction of sp³-hybridized carbons (Fsp3) is 0.600. The van der Waals surface area contributed by atoms with Gasteiger partial charge >= 0.3 is 0 Å². The summed E-state index contributed by atoms with van der Waals surface area (Å²) in [6.45, 7) is 5.83. The van der Waals surface area contributed by atoms with E-state index in [1.54, 1.807) is 12.1 Å². The molecule has 2 fully saturated rings. The van der Waals surface area contributed by atoms with Crippen molar-refractivity contribution in [2.45, 2.75) is 32.1 Å². The summed E-state index contributed by atoms with van der Waals surface area (Å²) < 4.78 is 0. The summed E-state index contributed by atoms with van der Waals surface area (Å²) >= 11 is 6.09. The van der Waals surface area contributed by atoms with Crippen molar-refractivity contribution in [3.8, 4) is 6.07 Å². The van der Waals surface area contributed by atoms with Crippen molar-refractivity contribution in [1.29, 1.82) is 5.26 Å². The van der Waals surface area contributed by atoms with Gasteiger partial charge in [0, 0.05) is 30.6 Å². The summed E-state index contributed by atoms with van der Waals surface area (Å²) in [5.74, 6) is 0.250. The highest BCUT2D eigenvalue weighted by atomic mass is 35.5. The number of anilines is 1. The van der Waals surface area contributed by atoms with Gasteiger partial charge in [-0.1, -0.05) is 11.6 Å². The van der Waals surface area contributed by atoms with Gasteiger partial charge in [-0.3, -0.25) is 4.79 Å². The number of benzene rings is 1. The maximum absolute atomic E-state index is 12.4. The van der Waals surface area contributed by atoms with Crippen LogP contribution in [0.2, 0.25) is 5.02 Å². The van der Waals surface area contributed by atoms with E-state index in [1.807, 2.05) is 6.07 Å². The molecule has 0 radical (unpaired) electrons. The molecule has 6 heteroatoms. The van der Waals surface area contributed by atoms with Gasteiger partial charge in [-0.2, -0.15) is 5.26 Å². The van der Waals surface area contributed by atoms with E-state index in [0.717, 1.165) is 51.1 Å². The first kappa shape index (κ1) is 19.0. The fourth-order valence-corrected chi connectivity index (χ4v) is 4.07. The zero-order chi connectivity index (χ0) is 18.4. The minimum absolute atomic E-state index is 0.0720. The monoisotopic (exact) mass is 374 g/mol. The van der Waals surface area contributed by atoms with Crippen LogP contribution in [0.25, 0.3) is 0 Å². The molecule has 0 bridgehead atoms. The van der Waals surface area contributed by atoms with Gasteiger partial charge in [-0.25, -0.2) is 0 Å². The van der Waals surface area contributed by atoms with Crippen molar-refractivity contribution in [2.75, 3.05) is 44.2 Å². The molecule has 0 saturated carbocycles. The van der Waals surface area contributed by atoms with E-state index in [4.69, 9.17) is 11.6 Å². The number of carbonyl (C=O) groups excluding carboxylic acids is 1. The van der Waals surface area contributed by atoms with Crippen LogP contribution < -0.4 is 10.2 Å². The molecule has 140 valence electrons. The van der Waals surface area contributed by atoms with E-state index >= 15 is 0 Å². The molecule has 2 saturated heterocycles. The predicted molar refractivity (Wildman–Crippen MR) is 104 cm³/mol. The van der Waals surface area contributed by atoms with Crippen LogP contribution in [0.5, 0.6) is 0 Å². The molecule has 2 aliphatic heterocycles. The van der Waals surface area contributed by atoms with Gasteiger partial charge in [0.15, 0.2) is 0 Å². The Labute approximate surface area is 160 Å². The molecule has 2 heterocycles. The molecule has 1 N–H and O–H groups in total. The molecule has 0 spiro atoms. The Balaban J connectivity index is 1.42. The zero-order valence-corrected chi connectivity index (χ0v) is 16.0. The van der Waals surface area contributed by atoms with Crippen LogP contribution in [0, 0.1) is 17.2 Å². The number of hydrogen-bond acceptors (Lipinski definition) is 4. The van der Waals surface area contributed by atoms with Crippen molar-refractivity contribution in [3.63, 3.8) is 0 Å². The second kappa shape index (κ2) is 9.25. The molecule has 5 nitrogen and oxygen atoms in total. The fourth-order valence-electron chi connectivity index (χ4n) is 3.91. The molecule has 3 rings (SSSR count). The number of amides is 1. The molecular weight excluding hydrogens is 348 g/mol. The quantitative estimate of drug-likeness (QED) is 0.777.